The van der Waals surface area contributed by atoms with Gasteiger partial charge in [0.2, 0.25) is 5.91 Å². The van der Waals surface area contributed by atoms with E-state index in [0.29, 0.717) is 74.4 Å². The van der Waals surface area contributed by atoms with Crippen LogP contribution in [0.15, 0.2) is 71.5 Å². The van der Waals surface area contributed by atoms with E-state index >= 15 is 0 Å². The Bertz CT molecular complexity index is 2330. The van der Waals surface area contributed by atoms with Crippen molar-refractivity contribution >= 4 is 56.7 Å². The first-order valence-electron chi connectivity index (χ1n) is 22.1. The van der Waals surface area contributed by atoms with E-state index in [0.717, 1.165) is 59.1 Å². The molecule has 0 aliphatic carbocycles. The molecule has 2 saturated heterocycles. The Labute approximate surface area is 387 Å². The van der Waals surface area contributed by atoms with Gasteiger partial charge in [-0.3, -0.25) is 30.0 Å². The van der Waals surface area contributed by atoms with Gasteiger partial charge in [0.25, 0.3) is 11.6 Å². The minimum Gasteiger partial charge on any atom is -0.494 e. The number of nitrogens with one attached hydrogen (secondary N) is 4. The number of nitrogens with zero attached hydrogens (tertiary/aromatic N) is 4. The molecular weight excluding hydrogens is 900 g/mol. The second-order valence-electron chi connectivity index (χ2n) is 17.5. The quantitative estimate of drug-likeness (QED) is 0.0421. The number of non-ortho nitro benzene ring substituents is 1. The Balaban J connectivity index is 0.780. The van der Waals surface area contributed by atoms with Gasteiger partial charge in [0.05, 0.1) is 54.6 Å². The van der Waals surface area contributed by atoms with Crippen molar-refractivity contribution in [2.24, 2.45) is 11.3 Å². The lowest BCUT2D eigenvalue weighted by Crippen LogP contribution is -2.51. The van der Waals surface area contributed by atoms with Crippen molar-refractivity contribution in [2.75, 3.05) is 62.0 Å². The lowest BCUT2D eigenvalue weighted by atomic mass is 9.71. The van der Waals surface area contributed by atoms with Gasteiger partial charge in [-0.1, -0.05) is 42.6 Å². The van der Waals surface area contributed by atoms with Crippen LogP contribution in [0.5, 0.6) is 11.5 Å². The van der Waals surface area contributed by atoms with Gasteiger partial charge in [0.1, 0.15) is 24.2 Å². The maximum atomic E-state index is 13.2. The third-order valence-electron chi connectivity index (χ3n) is 12.1. The van der Waals surface area contributed by atoms with Crippen LogP contribution >= 0.6 is 15.9 Å². The molecule has 0 saturated carbocycles. The normalized spacial score (nSPS) is 19.0. The van der Waals surface area contributed by atoms with Gasteiger partial charge in [-0.2, -0.15) is 0 Å². The molecule has 0 bridgehead atoms. The van der Waals surface area contributed by atoms with Crippen molar-refractivity contribution in [1.29, 1.82) is 0 Å². The molecule has 1 aromatic heterocycles. The lowest BCUT2D eigenvalue weighted by molar-refractivity contribution is -0.385. The van der Waals surface area contributed by atoms with Crippen molar-refractivity contribution in [3.05, 3.63) is 104 Å². The standard InChI is InChI=1S/C47H57BrN8O9/c1-29-21-40(39(23-37(29)48)53-46(59)54-41-25-49-30(2)24-50-41)65-27-34-26-55(17-20-63-34)42(57)9-7-5-6-8-18-62-33-13-10-31(11-14-33)45(58)51-28-47(3,4)44-35-16-19-64-43(35)36-22-32(56(60)61)12-15-38(36)52-44/h10-15,21-25,34-35,43-44,52H,5-9,16-20,26-28H2,1-4H3,(H,51,58)(H2,50,53,54,59)/t34-,35+,43-,44-/m0/s1. The number of urea groups is 1. The molecule has 4 heterocycles. The summed E-state index contributed by atoms with van der Waals surface area (Å²) in [6.07, 6.45) is 7.17. The summed E-state index contributed by atoms with van der Waals surface area (Å²) in [4.78, 5) is 60.3. The van der Waals surface area contributed by atoms with Gasteiger partial charge in [0, 0.05) is 76.9 Å². The molecule has 4 atom stereocenters. The molecule has 4 aromatic rings. The number of rotatable bonds is 18. The SMILES string of the molecule is Cc1cnc(NC(=O)Nc2cc(Br)c(C)cc2OC[C@@H]2CN(C(=O)CCCCCCOc3ccc(C(=O)NCC(C)(C)[C@H]4Nc5ccc([N+](=O)[O-])cc5[C@H]5OCC[C@H]54)cc3)CCO2)cn1. The number of fused-ring (bicyclic) bond motifs is 3. The topological polar surface area (TPSA) is 208 Å². The third-order valence-corrected chi connectivity index (χ3v) is 12.9. The van der Waals surface area contributed by atoms with Crippen molar-refractivity contribution in [1.82, 2.24) is 20.2 Å². The van der Waals surface area contributed by atoms with Gasteiger partial charge in [0.15, 0.2) is 5.82 Å². The second kappa shape index (κ2) is 21.4. The fraction of sp³-hybridized carbons (Fsp3) is 0.468. The molecular formula is C47H57BrN8O9. The van der Waals surface area contributed by atoms with E-state index in [4.69, 9.17) is 18.9 Å². The molecule has 3 aliphatic rings. The van der Waals surface area contributed by atoms with Gasteiger partial charge in [-0.25, -0.2) is 9.78 Å². The highest BCUT2D eigenvalue weighted by atomic mass is 79.9. The highest BCUT2D eigenvalue weighted by Gasteiger charge is 2.47. The Kier molecular flexibility index (Phi) is 15.5. The van der Waals surface area contributed by atoms with Gasteiger partial charge >= 0.3 is 6.03 Å². The average molecular weight is 958 g/mol. The summed E-state index contributed by atoms with van der Waals surface area (Å²) in [7, 11) is 0. The van der Waals surface area contributed by atoms with Crippen LogP contribution in [0.1, 0.15) is 85.7 Å². The maximum absolute atomic E-state index is 13.2. The van der Waals surface area contributed by atoms with Crippen LogP contribution in [0, 0.1) is 35.3 Å². The first-order valence-corrected chi connectivity index (χ1v) is 22.9. The molecule has 18 heteroatoms. The number of hydrogen-bond donors (Lipinski definition) is 4. The number of morpholine rings is 1. The van der Waals surface area contributed by atoms with Gasteiger partial charge in [-0.05, 0) is 81.1 Å². The summed E-state index contributed by atoms with van der Waals surface area (Å²) in [6.45, 7) is 11.0. The molecule has 0 spiro atoms. The molecule has 0 radical (unpaired) electrons. The smallest absolute Gasteiger partial charge is 0.325 e. The monoisotopic (exact) mass is 956 g/mol. The van der Waals surface area contributed by atoms with Crippen LogP contribution in [0.4, 0.5) is 27.7 Å². The molecule has 4 N–H and O–H groups in total. The Morgan fingerprint density at radius 1 is 0.969 bits per heavy atom. The van der Waals surface area contributed by atoms with Crippen molar-refractivity contribution < 1.29 is 38.3 Å². The molecule has 346 valence electrons. The number of benzene rings is 3. The van der Waals surface area contributed by atoms with Gasteiger partial charge < -0.3 is 39.8 Å². The van der Waals surface area contributed by atoms with E-state index in [-0.39, 0.29) is 58.6 Å². The van der Waals surface area contributed by atoms with Crippen molar-refractivity contribution in [3.63, 3.8) is 0 Å². The first kappa shape index (κ1) is 47.1. The van der Waals surface area contributed by atoms with E-state index in [1.165, 1.54) is 12.3 Å². The summed E-state index contributed by atoms with van der Waals surface area (Å²) in [5, 5.41) is 23.6. The minimum absolute atomic E-state index is 0.0116. The number of nitro benzene ring substituents is 1. The highest BCUT2D eigenvalue weighted by Crippen LogP contribution is 2.49. The number of carbonyl (C=O) groups is 3. The summed E-state index contributed by atoms with van der Waals surface area (Å²) < 4.78 is 24.9. The van der Waals surface area contributed by atoms with E-state index < -0.39 is 6.03 Å². The predicted molar refractivity (Wildman–Crippen MR) is 249 cm³/mol. The third kappa shape index (κ3) is 12.3. The van der Waals surface area contributed by atoms with E-state index in [1.807, 2.05) is 24.8 Å². The minimum atomic E-state index is -0.493. The molecule has 2 fully saturated rings. The number of anilines is 3. The number of halogens is 1. The highest BCUT2D eigenvalue weighted by molar-refractivity contribution is 9.10. The molecule has 3 aromatic carbocycles. The number of carbonyl (C=O) groups excluding carboxylic acids is 3. The lowest BCUT2D eigenvalue weighted by Gasteiger charge is -2.44. The molecule has 65 heavy (non-hydrogen) atoms. The van der Waals surface area contributed by atoms with E-state index in [1.54, 1.807) is 48.7 Å². The van der Waals surface area contributed by atoms with Crippen LogP contribution in [0.25, 0.3) is 0 Å². The van der Waals surface area contributed by atoms with Crippen LogP contribution in [0.2, 0.25) is 0 Å². The fourth-order valence-electron chi connectivity index (χ4n) is 8.48. The number of aromatic nitrogens is 2. The Hall–Kier alpha value is -5.85. The summed E-state index contributed by atoms with van der Waals surface area (Å²) in [5.41, 5.74) is 4.00. The van der Waals surface area contributed by atoms with Crippen LogP contribution < -0.4 is 30.7 Å². The van der Waals surface area contributed by atoms with E-state index in [2.05, 4.69) is 61.0 Å². The van der Waals surface area contributed by atoms with Crippen LogP contribution in [0.3, 0.4) is 0 Å². The number of hydrogen-bond acceptors (Lipinski definition) is 12. The zero-order chi connectivity index (χ0) is 46.1. The largest absolute Gasteiger partial charge is 0.494 e. The fourth-order valence-corrected chi connectivity index (χ4v) is 8.82. The first-order chi connectivity index (χ1) is 31.2. The summed E-state index contributed by atoms with van der Waals surface area (Å²) in [5.74, 6) is 1.50. The average Bonchev–Trinajstić information content (AvgIpc) is 3.80. The molecule has 17 nitrogen and oxygen atoms in total. The Morgan fingerprint density at radius 3 is 2.54 bits per heavy atom. The summed E-state index contributed by atoms with van der Waals surface area (Å²) in [6, 6.07) is 15.1. The zero-order valence-electron chi connectivity index (χ0n) is 37.2. The summed E-state index contributed by atoms with van der Waals surface area (Å²) >= 11 is 3.53. The number of aryl methyl sites for hydroxylation is 2. The molecule has 4 amide bonds. The second-order valence-corrected chi connectivity index (χ2v) is 18.3. The molecule has 3 aliphatic heterocycles. The van der Waals surface area contributed by atoms with Crippen LogP contribution in [-0.2, 0) is 14.3 Å². The van der Waals surface area contributed by atoms with Crippen molar-refractivity contribution in [2.45, 2.75) is 84.5 Å². The number of ether oxygens (including phenoxy) is 4. The van der Waals surface area contributed by atoms with Gasteiger partial charge in [-0.15, -0.1) is 0 Å². The van der Waals surface area contributed by atoms with Crippen molar-refractivity contribution in [3.8, 4) is 11.5 Å². The number of nitro groups is 1. The van der Waals surface area contributed by atoms with Crippen LogP contribution in [-0.4, -0.2) is 95.8 Å². The maximum Gasteiger partial charge on any atom is 0.325 e. The zero-order valence-corrected chi connectivity index (χ0v) is 38.8. The molecule has 7 rings (SSSR count). The number of amides is 4. The predicted octanol–water partition coefficient (Wildman–Crippen LogP) is 8.37. The Morgan fingerprint density at radius 2 is 1.77 bits per heavy atom. The van der Waals surface area contributed by atoms with E-state index in [9.17, 15) is 24.5 Å². The number of unbranched alkanes of at least 4 members (excludes halogenated alkanes) is 3. The molecule has 0 unspecified atom stereocenters.